The Morgan fingerprint density at radius 1 is 0.432 bits per heavy atom. The van der Waals surface area contributed by atoms with Crippen LogP contribution in [-0.4, -0.2) is 76.0 Å². The lowest BCUT2D eigenvalue weighted by Crippen LogP contribution is -2.41. The van der Waals surface area contributed by atoms with Crippen molar-refractivity contribution < 1.29 is 43.0 Å². The summed E-state index contributed by atoms with van der Waals surface area (Å²) in [6, 6.07) is 63.2. The molecule has 7 aliphatic heterocycles. The summed E-state index contributed by atoms with van der Waals surface area (Å²) in [5.74, 6) is 1.59. The van der Waals surface area contributed by atoms with E-state index in [0.717, 1.165) is 66.8 Å². The molecule has 16 rings (SSSR count). The molecular formula is C95H87N7O9. The number of aryl methyl sites for hydroxylation is 2. The molecule has 8 aromatic rings. The van der Waals surface area contributed by atoms with Gasteiger partial charge in [-0.05, 0) is 249 Å². The Balaban J connectivity index is 0.000000140. The van der Waals surface area contributed by atoms with Gasteiger partial charge >= 0.3 is 0 Å². The van der Waals surface area contributed by atoms with Gasteiger partial charge in [0, 0.05) is 69.0 Å². The molecule has 0 unspecified atom stereocenters. The maximum Gasteiger partial charge on any atom is 0.283 e. The Hall–Kier alpha value is -13.3. The van der Waals surface area contributed by atoms with E-state index in [0.29, 0.717) is 85.2 Å². The number of hydrogen-bond acceptors (Lipinski definition) is 12. The number of anilines is 7. The molecule has 8 aliphatic rings. The van der Waals surface area contributed by atoms with Crippen LogP contribution in [0.25, 0.3) is 18.2 Å². The van der Waals surface area contributed by atoms with Crippen LogP contribution in [0.1, 0.15) is 108 Å². The third kappa shape index (κ3) is 15.6. The molecule has 4 amide bonds. The lowest BCUT2D eigenvalue weighted by molar-refractivity contribution is -0.118. The van der Waals surface area contributed by atoms with Crippen molar-refractivity contribution in [2.45, 2.75) is 73.1 Å². The fourth-order valence-corrected chi connectivity index (χ4v) is 14.9. The summed E-state index contributed by atoms with van der Waals surface area (Å²) in [7, 11) is 6.16. The zero-order chi connectivity index (χ0) is 77.8. The molecule has 16 heteroatoms. The number of allylic oxidation sites excluding steroid dienone is 16. The Morgan fingerprint density at radius 2 is 0.838 bits per heavy atom. The minimum absolute atomic E-state index is 0.0989. The molecule has 0 N–H and O–H groups in total. The first-order chi connectivity index (χ1) is 53.6. The standard InChI is InChI=1S/C35H33N3O3.C34H31N3O3.C26H23NO3/c1-24-21-26(23-29(41-24)17-15-25-16-18-31-30(22-25)35(2,3)19-20-36(31)4)32-33(39)37(27-11-7-5-8-12-27)38(34(32)40)28-13-9-6-10-14-28;1-3-35-20-10-11-26-22-25(17-19-31(26)35)16-18-30-23-27(21-24(2)40-30)32-33(38)36(28-12-6-4-7-13-28)37(34(32)39)29-14-8-5-9-15-29;1-16-13-20(27(3)4)11-9-18(16)10-12-21-15-19(14-17(2)30-21)24-25(28)22-7-5-6-8-23(22)26(24)29/h5-18,21-23H,19-20H2,1-4H3;4-9,12-19,21-23H,3,10-11,20H2,1-2H3;5-15H,1-4H3/b17-15+;18-16+;12-10+. The lowest BCUT2D eigenvalue weighted by Gasteiger charge is -2.38. The SMILES string of the molecule is CC1=CC(=C2C(=O)N(c3ccccc3)N(c3ccccc3)C2=O)C=C(/C=C/c2ccc3c(c2)C(C)(C)CCN3C)O1.CC1=CC(=C2C(=O)c3ccccc3C2=O)C=C(/C=C/c2ccc(N(C)C)cc2C)O1.CCN1CCCc2cc(/C=C/C3=CC(=C4C(=O)N(c5ccccc5)N(c5ccccc5)C4=O)C=C(C)O3)ccc21. The monoisotopic (exact) mass is 1470 g/mol. The summed E-state index contributed by atoms with van der Waals surface area (Å²) in [5.41, 5.74) is 16.3. The number of ether oxygens (including phenoxy) is 3. The number of hydrazine groups is 2. The number of rotatable bonds is 12. The predicted molar refractivity (Wildman–Crippen MR) is 443 cm³/mol. The summed E-state index contributed by atoms with van der Waals surface area (Å²) in [6.45, 7) is 17.5. The Labute approximate surface area is 648 Å². The second kappa shape index (κ2) is 31.8. The van der Waals surface area contributed by atoms with E-state index in [1.165, 1.54) is 42.5 Å². The van der Waals surface area contributed by atoms with Crippen molar-refractivity contribution in [1.29, 1.82) is 0 Å². The average Bonchev–Trinajstić information content (AvgIpc) is 1.56. The fourth-order valence-electron chi connectivity index (χ4n) is 14.9. The number of benzene rings is 8. The van der Waals surface area contributed by atoms with Crippen molar-refractivity contribution in [3.05, 3.63) is 367 Å². The van der Waals surface area contributed by atoms with Crippen LogP contribution < -0.4 is 34.7 Å². The van der Waals surface area contributed by atoms with E-state index < -0.39 is 0 Å². The molecule has 0 saturated carbocycles. The van der Waals surface area contributed by atoms with Crippen molar-refractivity contribution in [3.8, 4) is 0 Å². The topological polar surface area (TPSA) is 153 Å². The summed E-state index contributed by atoms with van der Waals surface area (Å²) >= 11 is 0. The average molecular weight is 1470 g/mol. The van der Waals surface area contributed by atoms with Crippen LogP contribution in [0.4, 0.5) is 39.8 Å². The molecule has 1 aliphatic carbocycles. The first-order valence-electron chi connectivity index (χ1n) is 37.4. The summed E-state index contributed by atoms with van der Waals surface area (Å²) < 4.78 is 17.8. The second-order valence-electron chi connectivity index (χ2n) is 29.1. The third-order valence-corrected chi connectivity index (χ3v) is 20.6. The van der Waals surface area contributed by atoms with Crippen LogP contribution in [0.5, 0.6) is 0 Å². The molecular weight excluding hydrogens is 1380 g/mol. The van der Waals surface area contributed by atoms with Crippen LogP contribution in [0.15, 0.2) is 323 Å². The van der Waals surface area contributed by atoms with Crippen molar-refractivity contribution >= 4 is 93.2 Å². The van der Waals surface area contributed by atoms with Crippen LogP contribution in [-0.2, 0) is 45.2 Å². The summed E-state index contributed by atoms with van der Waals surface area (Å²) in [6.07, 6.45) is 25.5. The van der Waals surface area contributed by atoms with Gasteiger partial charge in [0.25, 0.3) is 23.6 Å². The molecule has 111 heavy (non-hydrogen) atoms. The van der Waals surface area contributed by atoms with Gasteiger partial charge in [-0.15, -0.1) is 0 Å². The number of carbonyl (C=O) groups excluding carboxylic acids is 6. The van der Waals surface area contributed by atoms with E-state index in [4.69, 9.17) is 14.2 Å². The molecule has 0 bridgehead atoms. The molecule has 556 valence electrons. The van der Waals surface area contributed by atoms with Gasteiger partial charge in [0.2, 0.25) is 0 Å². The van der Waals surface area contributed by atoms with Gasteiger partial charge in [-0.3, -0.25) is 28.8 Å². The van der Waals surface area contributed by atoms with Crippen LogP contribution in [0.2, 0.25) is 0 Å². The van der Waals surface area contributed by atoms with E-state index in [1.807, 2.05) is 193 Å². The zero-order valence-corrected chi connectivity index (χ0v) is 64.0. The Morgan fingerprint density at radius 3 is 1.26 bits per heavy atom. The molecule has 0 spiro atoms. The number of para-hydroxylation sites is 4. The number of ketones is 2. The Kier molecular flexibility index (Phi) is 21.4. The minimum Gasteiger partial charge on any atom is -0.462 e. The van der Waals surface area contributed by atoms with Crippen molar-refractivity contribution in [2.24, 2.45) is 0 Å². The molecule has 16 nitrogen and oxygen atoms in total. The van der Waals surface area contributed by atoms with Gasteiger partial charge in [0.15, 0.2) is 11.6 Å². The van der Waals surface area contributed by atoms with Crippen LogP contribution in [0, 0.1) is 6.92 Å². The molecule has 2 fully saturated rings. The molecule has 7 heterocycles. The van der Waals surface area contributed by atoms with Gasteiger partial charge in [-0.25, -0.2) is 20.0 Å². The van der Waals surface area contributed by atoms with Gasteiger partial charge < -0.3 is 28.9 Å². The predicted octanol–water partition coefficient (Wildman–Crippen LogP) is 18.8. The minimum atomic E-state index is -0.383. The number of fused-ring (bicyclic) bond motifs is 3. The third-order valence-electron chi connectivity index (χ3n) is 20.6. The molecule has 0 radical (unpaired) electrons. The number of hydrogen-bond donors (Lipinski definition) is 0. The first-order valence-corrected chi connectivity index (χ1v) is 37.4. The smallest absolute Gasteiger partial charge is 0.283 e. The fraction of sp³-hybridized carbons (Fsp3) is 0.179. The van der Waals surface area contributed by atoms with E-state index in [2.05, 4.69) is 104 Å². The van der Waals surface area contributed by atoms with Crippen LogP contribution >= 0.6 is 0 Å². The number of Topliss-reactive ketones (excluding diaryl/α,β-unsaturated/α-hetero) is 2. The number of amides is 4. The van der Waals surface area contributed by atoms with E-state index >= 15 is 0 Å². The summed E-state index contributed by atoms with van der Waals surface area (Å²) in [5, 5.41) is 5.76. The largest absolute Gasteiger partial charge is 0.462 e. The van der Waals surface area contributed by atoms with Gasteiger partial charge in [0.1, 0.15) is 45.7 Å². The highest BCUT2D eigenvalue weighted by atomic mass is 16.5. The normalized spacial score (nSPS) is 17.4. The maximum absolute atomic E-state index is 13.9. The second-order valence-corrected chi connectivity index (χ2v) is 29.1. The summed E-state index contributed by atoms with van der Waals surface area (Å²) in [4.78, 5) is 88.0. The maximum atomic E-state index is 13.9. The highest BCUT2D eigenvalue weighted by Gasteiger charge is 2.46. The van der Waals surface area contributed by atoms with Crippen LogP contribution in [0.3, 0.4) is 0 Å². The van der Waals surface area contributed by atoms with Gasteiger partial charge in [-0.2, -0.15) is 0 Å². The molecule has 0 aromatic heterocycles. The number of nitrogens with zero attached hydrogens (tertiary/aromatic N) is 7. The Bertz CT molecular complexity index is 5340. The lowest BCUT2D eigenvalue weighted by atomic mass is 9.77. The highest BCUT2D eigenvalue weighted by molar-refractivity contribution is 6.40. The van der Waals surface area contributed by atoms with Crippen molar-refractivity contribution in [2.75, 3.05) is 75.5 Å². The highest BCUT2D eigenvalue weighted by Crippen LogP contribution is 2.42. The first kappa shape index (κ1) is 74.5. The zero-order valence-electron chi connectivity index (χ0n) is 64.0. The van der Waals surface area contributed by atoms with Crippen molar-refractivity contribution in [1.82, 2.24) is 0 Å². The van der Waals surface area contributed by atoms with Gasteiger partial charge in [-0.1, -0.05) is 147 Å². The van der Waals surface area contributed by atoms with E-state index in [9.17, 15) is 28.8 Å². The van der Waals surface area contributed by atoms with E-state index in [1.54, 1.807) is 60.7 Å². The molecule has 0 atom stereocenters. The van der Waals surface area contributed by atoms with E-state index in [-0.39, 0.29) is 57.3 Å². The number of carbonyl (C=O) groups is 6. The van der Waals surface area contributed by atoms with Crippen molar-refractivity contribution in [3.63, 3.8) is 0 Å². The molecule has 2 saturated heterocycles. The molecule has 8 aromatic carbocycles. The van der Waals surface area contributed by atoms with Gasteiger partial charge in [0.05, 0.1) is 28.3 Å². The quantitative estimate of drug-likeness (QED) is 0.0845.